The van der Waals surface area contributed by atoms with Crippen molar-refractivity contribution >= 4 is 28.1 Å². The molecule has 0 radical (unpaired) electrons. The van der Waals surface area contributed by atoms with Gasteiger partial charge in [-0.2, -0.15) is 0 Å². The molecule has 1 aromatic rings. The zero-order valence-corrected chi connectivity index (χ0v) is 14.8. The number of nitrogens with zero attached hydrogens (tertiary/aromatic N) is 2. The SMILES string of the molecule is CC(C)CC(=O)N1CCC(C=O)(Cc2cncc(Br)c2)CC1. The van der Waals surface area contributed by atoms with Crippen LogP contribution in [0, 0.1) is 11.3 Å². The van der Waals surface area contributed by atoms with Crippen LogP contribution < -0.4 is 0 Å². The molecule has 1 aliphatic rings. The summed E-state index contributed by atoms with van der Waals surface area (Å²) in [5.74, 6) is 0.580. The quantitative estimate of drug-likeness (QED) is 0.751. The zero-order valence-electron chi connectivity index (χ0n) is 13.2. The van der Waals surface area contributed by atoms with Gasteiger partial charge in [0.25, 0.3) is 0 Å². The third-order valence-corrected chi connectivity index (χ3v) is 4.70. The number of aromatic nitrogens is 1. The summed E-state index contributed by atoms with van der Waals surface area (Å²) in [5, 5.41) is 0. The van der Waals surface area contributed by atoms with Gasteiger partial charge in [0.05, 0.1) is 0 Å². The van der Waals surface area contributed by atoms with E-state index in [0.29, 0.717) is 31.8 Å². The van der Waals surface area contributed by atoms with Gasteiger partial charge in [-0.05, 0) is 52.7 Å². The van der Waals surface area contributed by atoms with Crippen LogP contribution in [0.3, 0.4) is 0 Å². The van der Waals surface area contributed by atoms with Gasteiger partial charge >= 0.3 is 0 Å². The Morgan fingerprint density at radius 2 is 2.09 bits per heavy atom. The minimum atomic E-state index is -0.364. The van der Waals surface area contributed by atoms with E-state index in [0.717, 1.165) is 29.2 Å². The Hall–Kier alpha value is -1.23. The lowest BCUT2D eigenvalue weighted by molar-refractivity contribution is -0.136. The summed E-state index contributed by atoms with van der Waals surface area (Å²) in [5.41, 5.74) is 0.695. The molecule has 1 amide bonds. The maximum absolute atomic E-state index is 12.1. The Labute approximate surface area is 140 Å². The van der Waals surface area contributed by atoms with Crippen LogP contribution in [-0.4, -0.2) is 35.2 Å². The second-order valence-corrected chi connectivity index (χ2v) is 7.56. The van der Waals surface area contributed by atoms with E-state index in [2.05, 4.69) is 34.8 Å². The highest BCUT2D eigenvalue weighted by Gasteiger charge is 2.36. The summed E-state index contributed by atoms with van der Waals surface area (Å²) in [6.45, 7) is 5.45. The number of carbonyl (C=O) groups excluding carboxylic acids is 2. The molecule has 0 unspecified atom stereocenters. The predicted octanol–water partition coefficient (Wildman–Crippen LogP) is 3.24. The van der Waals surface area contributed by atoms with Gasteiger partial charge in [-0.15, -0.1) is 0 Å². The Morgan fingerprint density at radius 3 is 2.64 bits per heavy atom. The maximum Gasteiger partial charge on any atom is 0.222 e. The van der Waals surface area contributed by atoms with Crippen LogP contribution in [0.25, 0.3) is 0 Å². The van der Waals surface area contributed by atoms with Crippen LogP contribution in [0.5, 0.6) is 0 Å². The number of hydrogen-bond acceptors (Lipinski definition) is 3. The van der Waals surface area contributed by atoms with Crippen molar-refractivity contribution in [1.82, 2.24) is 9.88 Å². The molecule has 0 aliphatic carbocycles. The Kier molecular flexibility index (Phi) is 5.73. The minimum absolute atomic E-state index is 0.207. The van der Waals surface area contributed by atoms with Gasteiger partial charge in [0.15, 0.2) is 0 Å². The molecule has 120 valence electrons. The smallest absolute Gasteiger partial charge is 0.222 e. The van der Waals surface area contributed by atoms with E-state index in [4.69, 9.17) is 0 Å². The number of rotatable bonds is 5. The summed E-state index contributed by atoms with van der Waals surface area (Å²) >= 11 is 3.41. The second kappa shape index (κ2) is 7.36. The number of hydrogen-bond donors (Lipinski definition) is 0. The number of aldehydes is 1. The average Bonchev–Trinajstić information content (AvgIpc) is 2.47. The maximum atomic E-state index is 12.1. The van der Waals surface area contributed by atoms with Crippen LogP contribution in [-0.2, 0) is 16.0 Å². The molecule has 0 aromatic carbocycles. The molecule has 22 heavy (non-hydrogen) atoms. The third-order valence-electron chi connectivity index (χ3n) is 4.26. The van der Waals surface area contributed by atoms with Crippen LogP contribution in [0.1, 0.15) is 38.7 Å². The molecule has 1 saturated heterocycles. The molecule has 5 heteroatoms. The Morgan fingerprint density at radius 1 is 1.41 bits per heavy atom. The average molecular weight is 367 g/mol. The largest absolute Gasteiger partial charge is 0.343 e. The van der Waals surface area contributed by atoms with Crippen molar-refractivity contribution in [1.29, 1.82) is 0 Å². The summed E-state index contributed by atoms with van der Waals surface area (Å²) in [7, 11) is 0. The van der Waals surface area contributed by atoms with E-state index in [1.54, 1.807) is 6.20 Å². The summed E-state index contributed by atoms with van der Waals surface area (Å²) in [6.07, 6.45) is 7.37. The van der Waals surface area contributed by atoms with Gasteiger partial charge in [0, 0.05) is 41.8 Å². The number of pyridine rings is 1. The van der Waals surface area contributed by atoms with Gasteiger partial charge in [-0.1, -0.05) is 13.8 Å². The molecule has 1 aliphatic heterocycles. The minimum Gasteiger partial charge on any atom is -0.343 e. The highest BCUT2D eigenvalue weighted by molar-refractivity contribution is 9.10. The van der Waals surface area contributed by atoms with Crippen molar-refractivity contribution in [2.75, 3.05) is 13.1 Å². The fourth-order valence-corrected chi connectivity index (χ4v) is 3.39. The van der Waals surface area contributed by atoms with Crippen molar-refractivity contribution in [3.8, 4) is 0 Å². The fraction of sp³-hybridized carbons (Fsp3) is 0.588. The summed E-state index contributed by atoms with van der Waals surface area (Å²) in [4.78, 5) is 29.9. The van der Waals surface area contributed by atoms with E-state index in [9.17, 15) is 9.59 Å². The standard InChI is InChI=1S/C17H23BrN2O2/c1-13(2)7-16(22)20-5-3-17(12-21,4-6-20)9-14-8-15(18)11-19-10-14/h8,10-13H,3-7,9H2,1-2H3. The van der Waals surface area contributed by atoms with Crippen LogP contribution in [0.4, 0.5) is 0 Å². The molecule has 0 bridgehead atoms. The lowest BCUT2D eigenvalue weighted by Gasteiger charge is -2.38. The first-order valence-electron chi connectivity index (χ1n) is 7.78. The highest BCUT2D eigenvalue weighted by atomic mass is 79.9. The van der Waals surface area contributed by atoms with E-state index < -0.39 is 0 Å². The molecule has 1 fully saturated rings. The molecule has 4 nitrogen and oxygen atoms in total. The molecular formula is C17H23BrN2O2. The number of carbonyl (C=O) groups is 2. The van der Waals surface area contributed by atoms with Gasteiger partial charge in [0.2, 0.25) is 5.91 Å². The molecule has 0 atom stereocenters. The molecule has 2 rings (SSSR count). The van der Waals surface area contributed by atoms with E-state index in [1.807, 2.05) is 17.2 Å². The first-order chi connectivity index (χ1) is 10.4. The van der Waals surface area contributed by atoms with Crippen molar-refractivity contribution in [2.24, 2.45) is 11.3 Å². The first kappa shape index (κ1) is 17.1. The number of piperidine rings is 1. The lowest BCUT2D eigenvalue weighted by atomic mass is 9.75. The second-order valence-electron chi connectivity index (χ2n) is 6.65. The summed E-state index contributed by atoms with van der Waals surface area (Å²) < 4.78 is 0.926. The fourth-order valence-electron chi connectivity index (χ4n) is 2.98. The zero-order chi connectivity index (χ0) is 16.2. The number of halogens is 1. The van der Waals surface area contributed by atoms with Crippen molar-refractivity contribution in [3.05, 3.63) is 28.5 Å². The van der Waals surface area contributed by atoms with Crippen LogP contribution >= 0.6 is 15.9 Å². The lowest BCUT2D eigenvalue weighted by Crippen LogP contribution is -2.45. The van der Waals surface area contributed by atoms with Crippen LogP contribution in [0.15, 0.2) is 22.9 Å². The summed E-state index contributed by atoms with van der Waals surface area (Å²) in [6, 6.07) is 2.01. The van der Waals surface area contributed by atoms with Crippen LogP contribution in [0.2, 0.25) is 0 Å². The van der Waals surface area contributed by atoms with Crippen molar-refractivity contribution in [3.63, 3.8) is 0 Å². The van der Waals surface area contributed by atoms with Gasteiger partial charge < -0.3 is 9.69 Å². The molecule has 2 heterocycles. The number of amides is 1. The molecule has 1 aromatic heterocycles. The normalized spacial score (nSPS) is 17.5. The Balaban J connectivity index is 1.99. The topological polar surface area (TPSA) is 50.3 Å². The van der Waals surface area contributed by atoms with Crippen molar-refractivity contribution in [2.45, 2.75) is 39.5 Å². The van der Waals surface area contributed by atoms with E-state index >= 15 is 0 Å². The van der Waals surface area contributed by atoms with Crippen molar-refractivity contribution < 1.29 is 9.59 Å². The van der Waals surface area contributed by atoms with Gasteiger partial charge in [-0.3, -0.25) is 9.78 Å². The molecule has 0 spiro atoms. The number of likely N-dealkylation sites (tertiary alicyclic amines) is 1. The molecule has 0 saturated carbocycles. The first-order valence-corrected chi connectivity index (χ1v) is 8.57. The Bertz CT molecular complexity index is 537. The predicted molar refractivity (Wildman–Crippen MR) is 89.4 cm³/mol. The third kappa shape index (κ3) is 4.38. The van der Waals surface area contributed by atoms with E-state index in [1.165, 1.54) is 0 Å². The molecule has 0 N–H and O–H groups in total. The van der Waals surface area contributed by atoms with Gasteiger partial charge in [0.1, 0.15) is 6.29 Å². The molecular weight excluding hydrogens is 344 g/mol. The van der Waals surface area contributed by atoms with Gasteiger partial charge in [-0.25, -0.2) is 0 Å². The van der Waals surface area contributed by atoms with E-state index in [-0.39, 0.29) is 11.3 Å². The highest BCUT2D eigenvalue weighted by Crippen LogP contribution is 2.33. The monoisotopic (exact) mass is 366 g/mol.